The van der Waals surface area contributed by atoms with Crippen LogP contribution in [0.2, 0.25) is 0 Å². The van der Waals surface area contributed by atoms with Crippen LogP contribution in [0.25, 0.3) is 0 Å². The second kappa shape index (κ2) is 8.06. The molecule has 0 fully saturated rings. The molecule has 2 aromatic rings. The Balaban J connectivity index is 2.34. The van der Waals surface area contributed by atoms with E-state index < -0.39 is 0 Å². The van der Waals surface area contributed by atoms with Crippen molar-refractivity contribution >= 4 is 5.91 Å². The zero-order chi connectivity index (χ0) is 17.7. The number of rotatable bonds is 7. The molecule has 1 aromatic heterocycles. The minimum Gasteiger partial charge on any atom is -0.380 e. The number of aromatic nitrogens is 1. The third-order valence-corrected chi connectivity index (χ3v) is 4.16. The van der Waals surface area contributed by atoms with Crippen molar-refractivity contribution in [2.75, 3.05) is 7.11 Å². The molecule has 0 spiro atoms. The fourth-order valence-electron chi connectivity index (χ4n) is 2.47. The van der Waals surface area contributed by atoms with Crippen LogP contribution in [0.3, 0.4) is 0 Å². The maximum atomic E-state index is 14.0. The van der Waals surface area contributed by atoms with Crippen LogP contribution in [0, 0.1) is 12.7 Å². The van der Waals surface area contributed by atoms with Crippen molar-refractivity contribution in [1.82, 2.24) is 10.1 Å². The van der Waals surface area contributed by atoms with Gasteiger partial charge in [-0.3, -0.25) is 4.79 Å². The van der Waals surface area contributed by atoms with E-state index in [1.165, 1.54) is 6.07 Å². The molecule has 1 unspecified atom stereocenters. The standard InChI is InChI=1S/C18H23FN2O3/c1-5-12(2)21(10-14-8-6-7-9-16(14)19)18(22)17-15(11-23-4)13(3)24-20-17/h6-9,12H,5,10-11H2,1-4H3. The van der Waals surface area contributed by atoms with E-state index in [0.29, 0.717) is 16.9 Å². The number of amides is 1. The molecule has 0 aliphatic rings. The fourth-order valence-corrected chi connectivity index (χ4v) is 2.47. The van der Waals surface area contributed by atoms with Crippen LogP contribution in [-0.4, -0.2) is 29.1 Å². The van der Waals surface area contributed by atoms with Gasteiger partial charge in [-0.1, -0.05) is 30.3 Å². The van der Waals surface area contributed by atoms with Crippen LogP contribution in [0.5, 0.6) is 0 Å². The number of halogens is 1. The van der Waals surface area contributed by atoms with Crippen molar-refractivity contribution in [2.45, 2.75) is 46.4 Å². The van der Waals surface area contributed by atoms with Crippen LogP contribution >= 0.6 is 0 Å². The van der Waals surface area contributed by atoms with E-state index in [-0.39, 0.29) is 36.6 Å². The molecule has 0 saturated heterocycles. The number of carbonyl (C=O) groups excluding carboxylic acids is 1. The minimum atomic E-state index is -0.327. The molecule has 6 heteroatoms. The molecular weight excluding hydrogens is 311 g/mol. The molecule has 1 amide bonds. The van der Waals surface area contributed by atoms with E-state index >= 15 is 0 Å². The highest BCUT2D eigenvalue weighted by atomic mass is 19.1. The molecule has 1 atom stereocenters. The van der Waals surface area contributed by atoms with Gasteiger partial charge in [-0.15, -0.1) is 0 Å². The molecule has 1 aromatic carbocycles. The Bertz CT molecular complexity index is 699. The summed E-state index contributed by atoms with van der Waals surface area (Å²) >= 11 is 0. The average molecular weight is 334 g/mol. The molecule has 0 saturated carbocycles. The Morgan fingerprint density at radius 2 is 2.12 bits per heavy atom. The van der Waals surface area contributed by atoms with Gasteiger partial charge in [0, 0.05) is 25.3 Å². The maximum absolute atomic E-state index is 14.0. The zero-order valence-corrected chi connectivity index (χ0v) is 14.5. The third kappa shape index (κ3) is 3.82. The molecule has 2 rings (SSSR count). The molecule has 24 heavy (non-hydrogen) atoms. The first kappa shape index (κ1) is 18.1. The molecule has 0 bridgehead atoms. The van der Waals surface area contributed by atoms with Gasteiger partial charge in [0.25, 0.3) is 5.91 Å². The molecular formula is C18H23FN2O3. The first-order valence-electron chi connectivity index (χ1n) is 7.98. The predicted octanol–water partition coefficient (Wildman–Crippen LogP) is 3.71. The van der Waals surface area contributed by atoms with Gasteiger partial charge in [0.15, 0.2) is 5.69 Å². The summed E-state index contributed by atoms with van der Waals surface area (Å²) < 4.78 is 24.3. The summed E-state index contributed by atoms with van der Waals surface area (Å²) in [6, 6.07) is 6.40. The monoisotopic (exact) mass is 334 g/mol. The van der Waals surface area contributed by atoms with Gasteiger partial charge in [0.05, 0.1) is 12.2 Å². The zero-order valence-electron chi connectivity index (χ0n) is 14.5. The van der Waals surface area contributed by atoms with Crippen LogP contribution in [0.4, 0.5) is 4.39 Å². The quantitative estimate of drug-likeness (QED) is 0.774. The van der Waals surface area contributed by atoms with Crippen LogP contribution in [0.15, 0.2) is 28.8 Å². The Morgan fingerprint density at radius 3 is 2.75 bits per heavy atom. The minimum absolute atomic E-state index is 0.0653. The lowest BCUT2D eigenvalue weighted by molar-refractivity contribution is 0.0654. The van der Waals surface area contributed by atoms with Crippen molar-refractivity contribution in [1.29, 1.82) is 0 Å². The molecule has 130 valence electrons. The topological polar surface area (TPSA) is 55.6 Å². The summed E-state index contributed by atoms with van der Waals surface area (Å²) in [6.45, 7) is 6.07. The first-order chi connectivity index (χ1) is 11.5. The predicted molar refractivity (Wildman–Crippen MR) is 88.0 cm³/mol. The lowest BCUT2D eigenvalue weighted by atomic mass is 10.1. The van der Waals surface area contributed by atoms with E-state index in [1.807, 2.05) is 13.8 Å². The molecule has 1 heterocycles. The Morgan fingerprint density at radius 1 is 1.42 bits per heavy atom. The highest BCUT2D eigenvalue weighted by molar-refractivity contribution is 5.94. The lowest BCUT2D eigenvalue weighted by Gasteiger charge is -2.28. The fraction of sp³-hybridized carbons (Fsp3) is 0.444. The summed E-state index contributed by atoms with van der Waals surface area (Å²) in [5.74, 6) is -0.0567. The van der Waals surface area contributed by atoms with Gasteiger partial charge in [-0.2, -0.15) is 0 Å². The maximum Gasteiger partial charge on any atom is 0.276 e. The summed E-state index contributed by atoms with van der Waals surface area (Å²) in [5, 5.41) is 3.90. The van der Waals surface area contributed by atoms with E-state index in [1.54, 1.807) is 37.1 Å². The summed E-state index contributed by atoms with van der Waals surface area (Å²) in [5.41, 5.74) is 1.33. The Kier molecular flexibility index (Phi) is 6.09. The molecule has 0 aliphatic heterocycles. The molecule has 0 radical (unpaired) electrons. The number of nitrogens with zero attached hydrogens (tertiary/aromatic N) is 2. The number of aryl methyl sites for hydroxylation is 1. The second-order valence-corrected chi connectivity index (χ2v) is 5.78. The van der Waals surface area contributed by atoms with E-state index in [0.717, 1.165) is 6.42 Å². The second-order valence-electron chi connectivity index (χ2n) is 5.78. The van der Waals surface area contributed by atoms with Gasteiger partial charge in [0.2, 0.25) is 0 Å². The smallest absolute Gasteiger partial charge is 0.276 e. The first-order valence-corrected chi connectivity index (χ1v) is 7.98. The third-order valence-electron chi connectivity index (χ3n) is 4.16. The van der Waals surface area contributed by atoms with Crippen LogP contribution < -0.4 is 0 Å². The summed E-state index contributed by atoms with van der Waals surface area (Å²) in [7, 11) is 1.55. The highest BCUT2D eigenvalue weighted by Gasteiger charge is 2.28. The Hall–Kier alpha value is -2.21. The van der Waals surface area contributed by atoms with Gasteiger partial charge in [-0.25, -0.2) is 4.39 Å². The number of methoxy groups -OCH3 is 1. The molecule has 0 N–H and O–H groups in total. The summed E-state index contributed by atoms with van der Waals surface area (Å²) in [6.07, 6.45) is 0.747. The van der Waals surface area contributed by atoms with Crippen molar-refractivity contribution in [3.63, 3.8) is 0 Å². The van der Waals surface area contributed by atoms with Gasteiger partial charge in [-0.05, 0) is 26.3 Å². The number of benzene rings is 1. The lowest BCUT2D eigenvalue weighted by Crippen LogP contribution is -2.38. The SMILES string of the molecule is CCC(C)N(Cc1ccccc1F)C(=O)c1noc(C)c1COC. The number of hydrogen-bond acceptors (Lipinski definition) is 4. The van der Waals surface area contributed by atoms with Gasteiger partial charge in [0.1, 0.15) is 11.6 Å². The van der Waals surface area contributed by atoms with Gasteiger partial charge >= 0.3 is 0 Å². The molecule has 0 aliphatic carbocycles. The van der Waals surface area contributed by atoms with E-state index in [9.17, 15) is 9.18 Å². The largest absolute Gasteiger partial charge is 0.380 e. The van der Waals surface area contributed by atoms with Gasteiger partial charge < -0.3 is 14.2 Å². The molecule has 5 nitrogen and oxygen atoms in total. The average Bonchev–Trinajstić information content (AvgIpc) is 2.94. The van der Waals surface area contributed by atoms with Crippen molar-refractivity contribution in [2.24, 2.45) is 0 Å². The van der Waals surface area contributed by atoms with E-state index in [4.69, 9.17) is 9.26 Å². The van der Waals surface area contributed by atoms with Crippen LogP contribution in [-0.2, 0) is 17.9 Å². The van der Waals surface area contributed by atoms with Crippen LogP contribution in [0.1, 0.15) is 47.6 Å². The van der Waals surface area contributed by atoms with E-state index in [2.05, 4.69) is 5.16 Å². The summed E-state index contributed by atoms with van der Waals surface area (Å²) in [4.78, 5) is 14.6. The normalized spacial score (nSPS) is 12.2. The Labute approximate surface area is 141 Å². The number of hydrogen-bond donors (Lipinski definition) is 0. The van der Waals surface area contributed by atoms with Crippen molar-refractivity contribution in [3.8, 4) is 0 Å². The number of carbonyl (C=O) groups is 1. The van der Waals surface area contributed by atoms with Crippen molar-refractivity contribution < 1.29 is 18.4 Å². The van der Waals surface area contributed by atoms with Crippen molar-refractivity contribution in [3.05, 3.63) is 52.7 Å². The number of ether oxygens (including phenoxy) is 1. The highest BCUT2D eigenvalue weighted by Crippen LogP contribution is 2.21.